The second-order valence-corrected chi connectivity index (χ2v) is 4.92. The van der Waals surface area contributed by atoms with Crippen LogP contribution < -0.4 is 5.32 Å². The van der Waals surface area contributed by atoms with Gasteiger partial charge in [0.25, 0.3) is 0 Å². The third kappa shape index (κ3) is 6.34. The zero-order valence-electron chi connectivity index (χ0n) is 16.3. The van der Waals surface area contributed by atoms with Crippen LogP contribution in [-0.4, -0.2) is 22.0 Å². The molecule has 0 aromatic carbocycles. The Balaban J connectivity index is 0.000000728. The molecule has 1 atom stereocenters. The first-order chi connectivity index (χ1) is 11.3. The van der Waals surface area contributed by atoms with Crippen LogP contribution in [0.1, 0.15) is 72.2 Å². The minimum atomic E-state index is 0.618. The van der Waals surface area contributed by atoms with E-state index in [1.165, 1.54) is 30.7 Å². The number of pyridine rings is 1. The van der Waals surface area contributed by atoms with E-state index in [4.69, 9.17) is 4.98 Å². The molecule has 0 unspecified atom stereocenters. The number of nitrogens with zero attached hydrogens (tertiary/aromatic N) is 2. The minimum Gasteiger partial charge on any atom is -0.314 e. The average molecular weight is 320 g/mol. The van der Waals surface area contributed by atoms with Crippen molar-refractivity contribution in [2.24, 2.45) is 0 Å². The highest BCUT2D eigenvalue weighted by Crippen LogP contribution is 2.16. The van der Waals surface area contributed by atoms with Crippen LogP contribution in [0.4, 0.5) is 0 Å². The molecule has 1 N–H and O–H groups in total. The molecule has 0 aliphatic carbocycles. The van der Waals surface area contributed by atoms with E-state index < -0.39 is 0 Å². The van der Waals surface area contributed by atoms with Gasteiger partial charge >= 0.3 is 0 Å². The molecule has 1 saturated heterocycles. The molecule has 1 aliphatic rings. The van der Waals surface area contributed by atoms with E-state index in [0.717, 1.165) is 18.6 Å². The second kappa shape index (κ2) is 13.1. The molecule has 0 bridgehead atoms. The molecule has 2 aromatic rings. The van der Waals surface area contributed by atoms with Crippen molar-refractivity contribution in [3.05, 3.63) is 35.8 Å². The van der Waals surface area contributed by atoms with Crippen molar-refractivity contribution in [2.75, 3.05) is 6.54 Å². The summed E-state index contributed by atoms with van der Waals surface area (Å²) in [5.41, 5.74) is 3.60. The molecule has 3 heteroatoms. The smallest absolute Gasteiger partial charge is 0.137 e. The predicted octanol–water partition coefficient (Wildman–Crippen LogP) is 5.41. The maximum atomic E-state index is 4.73. The highest BCUT2D eigenvalue weighted by Gasteiger charge is 2.16. The van der Waals surface area contributed by atoms with E-state index in [1.807, 2.05) is 47.6 Å². The molecule has 3 rings (SSSR count). The molecular weight excluding hydrogens is 282 g/mol. The number of fused-ring (bicyclic) bond motifs is 1. The molecule has 1 aliphatic heterocycles. The zero-order valence-corrected chi connectivity index (χ0v) is 16.3. The maximum absolute atomic E-state index is 4.73. The Bertz CT molecular complexity index is 511. The fourth-order valence-electron chi connectivity index (χ4n) is 2.69. The first-order valence-corrected chi connectivity index (χ1v) is 9.50. The summed E-state index contributed by atoms with van der Waals surface area (Å²) < 4.78 is 2.18. The van der Waals surface area contributed by atoms with Gasteiger partial charge in [-0.3, -0.25) is 0 Å². The van der Waals surface area contributed by atoms with Gasteiger partial charge in [0, 0.05) is 24.4 Å². The number of nitrogens with one attached hydrogen (secondary N) is 1. The van der Waals surface area contributed by atoms with Gasteiger partial charge in [-0.25, -0.2) is 4.98 Å². The van der Waals surface area contributed by atoms with Crippen LogP contribution in [-0.2, 0) is 6.42 Å². The topological polar surface area (TPSA) is 29.3 Å². The van der Waals surface area contributed by atoms with E-state index in [-0.39, 0.29) is 0 Å². The molecule has 23 heavy (non-hydrogen) atoms. The molecule has 2 aromatic heterocycles. The lowest BCUT2D eigenvalue weighted by Crippen LogP contribution is -2.35. The van der Waals surface area contributed by atoms with E-state index in [9.17, 15) is 0 Å². The van der Waals surface area contributed by atoms with Gasteiger partial charge in [-0.05, 0) is 38.4 Å². The van der Waals surface area contributed by atoms with Gasteiger partial charge in [0.05, 0.1) is 5.69 Å². The van der Waals surface area contributed by atoms with Crippen molar-refractivity contribution in [1.29, 1.82) is 0 Å². The molecule has 3 nitrogen and oxygen atoms in total. The van der Waals surface area contributed by atoms with Crippen molar-refractivity contribution < 1.29 is 0 Å². The average Bonchev–Trinajstić information content (AvgIpc) is 2.97. The van der Waals surface area contributed by atoms with Gasteiger partial charge < -0.3 is 9.72 Å². The third-order valence-corrected chi connectivity index (χ3v) is 3.72. The molecule has 0 spiro atoms. The molecular formula is C20H37N3. The Labute approximate surface area is 143 Å². The Morgan fingerprint density at radius 1 is 1.09 bits per heavy atom. The van der Waals surface area contributed by atoms with Crippen molar-refractivity contribution in [3.8, 4) is 0 Å². The molecule has 3 heterocycles. The highest BCUT2D eigenvalue weighted by molar-refractivity contribution is 5.42. The molecule has 132 valence electrons. The number of imidazole rings is 1. The van der Waals surface area contributed by atoms with Crippen molar-refractivity contribution in [1.82, 2.24) is 14.7 Å². The SMILES string of the molecule is CC.CC.CC.Cc1c(C[C@@H]2CCCCN2)nc2ccccn12. The summed E-state index contributed by atoms with van der Waals surface area (Å²) in [4.78, 5) is 4.73. The van der Waals surface area contributed by atoms with Crippen LogP contribution >= 0.6 is 0 Å². The van der Waals surface area contributed by atoms with Crippen LogP contribution in [0.25, 0.3) is 5.65 Å². The number of hydrogen-bond donors (Lipinski definition) is 1. The Hall–Kier alpha value is -1.35. The van der Waals surface area contributed by atoms with Crippen LogP contribution in [0.2, 0.25) is 0 Å². The number of aryl methyl sites for hydroxylation is 1. The van der Waals surface area contributed by atoms with Gasteiger partial charge in [-0.2, -0.15) is 0 Å². The van der Waals surface area contributed by atoms with E-state index in [1.54, 1.807) is 0 Å². The number of rotatable bonds is 2. The summed E-state index contributed by atoms with van der Waals surface area (Å²) in [5, 5.41) is 3.59. The second-order valence-electron chi connectivity index (χ2n) is 4.92. The Kier molecular flexibility index (Phi) is 12.4. The fraction of sp³-hybridized carbons (Fsp3) is 0.650. The van der Waals surface area contributed by atoms with Crippen LogP contribution in [0.15, 0.2) is 24.4 Å². The van der Waals surface area contributed by atoms with Gasteiger partial charge in [-0.15, -0.1) is 0 Å². The largest absolute Gasteiger partial charge is 0.314 e. The maximum Gasteiger partial charge on any atom is 0.137 e. The van der Waals surface area contributed by atoms with Crippen molar-refractivity contribution in [3.63, 3.8) is 0 Å². The monoisotopic (exact) mass is 319 g/mol. The normalized spacial score (nSPS) is 16.2. The highest BCUT2D eigenvalue weighted by atomic mass is 15.0. The minimum absolute atomic E-state index is 0.618. The number of hydrogen-bond acceptors (Lipinski definition) is 2. The van der Waals surface area contributed by atoms with Crippen molar-refractivity contribution >= 4 is 5.65 Å². The lowest BCUT2D eigenvalue weighted by Gasteiger charge is -2.22. The van der Waals surface area contributed by atoms with Gasteiger partial charge in [0.15, 0.2) is 0 Å². The predicted molar refractivity (Wildman–Crippen MR) is 103 cm³/mol. The first-order valence-electron chi connectivity index (χ1n) is 9.50. The molecule has 0 radical (unpaired) electrons. The number of piperidine rings is 1. The van der Waals surface area contributed by atoms with Crippen molar-refractivity contribution in [2.45, 2.75) is 80.2 Å². The molecule has 1 fully saturated rings. The summed E-state index contributed by atoms with van der Waals surface area (Å²) in [6.45, 7) is 15.3. The standard InChI is InChI=1S/C14H19N3.3C2H6/c1-11-13(10-12-6-2-4-8-15-12)16-14-7-3-5-9-17(11)14;3*1-2/h3,5,7,9,12,15H,2,4,6,8,10H2,1H3;3*1-2H3/t12-;;;/m0.../s1. The van der Waals surface area contributed by atoms with Crippen LogP contribution in [0, 0.1) is 6.92 Å². The summed E-state index contributed by atoms with van der Waals surface area (Å²) >= 11 is 0. The fourth-order valence-corrected chi connectivity index (χ4v) is 2.69. The van der Waals surface area contributed by atoms with Gasteiger partial charge in [0.2, 0.25) is 0 Å². The quantitative estimate of drug-likeness (QED) is 0.802. The number of aromatic nitrogens is 2. The van der Waals surface area contributed by atoms with Crippen LogP contribution in [0.3, 0.4) is 0 Å². The molecule has 0 saturated carbocycles. The third-order valence-electron chi connectivity index (χ3n) is 3.72. The summed E-state index contributed by atoms with van der Waals surface area (Å²) in [6.07, 6.45) is 7.11. The summed E-state index contributed by atoms with van der Waals surface area (Å²) in [6, 6.07) is 6.80. The summed E-state index contributed by atoms with van der Waals surface area (Å²) in [5.74, 6) is 0. The van der Waals surface area contributed by atoms with E-state index in [2.05, 4.69) is 35.0 Å². The Morgan fingerprint density at radius 3 is 2.35 bits per heavy atom. The summed E-state index contributed by atoms with van der Waals surface area (Å²) in [7, 11) is 0. The van der Waals surface area contributed by atoms with E-state index in [0.29, 0.717) is 6.04 Å². The zero-order chi connectivity index (χ0) is 17.7. The first kappa shape index (κ1) is 21.6. The lowest BCUT2D eigenvalue weighted by molar-refractivity contribution is 0.397. The lowest BCUT2D eigenvalue weighted by atomic mass is 10.00. The van der Waals surface area contributed by atoms with E-state index >= 15 is 0 Å². The Morgan fingerprint density at radius 2 is 1.78 bits per heavy atom. The van der Waals surface area contributed by atoms with Gasteiger partial charge in [0.1, 0.15) is 5.65 Å². The molecule has 0 amide bonds. The van der Waals surface area contributed by atoms with Crippen LogP contribution in [0.5, 0.6) is 0 Å². The van der Waals surface area contributed by atoms with Gasteiger partial charge in [-0.1, -0.05) is 54.0 Å².